The SMILES string of the molecule is CCNC1CCCCC(c2ccco2)C1. The average molecular weight is 207 g/mol. The standard InChI is InChI=1S/C13H21NO/c1-2-14-12-7-4-3-6-11(10-12)13-8-5-9-15-13/h5,8-9,11-12,14H,2-4,6-7,10H2,1H3. The zero-order valence-electron chi connectivity index (χ0n) is 9.54. The van der Waals surface area contributed by atoms with E-state index in [1.54, 1.807) is 6.26 Å². The van der Waals surface area contributed by atoms with E-state index >= 15 is 0 Å². The zero-order chi connectivity index (χ0) is 10.5. The molecule has 0 radical (unpaired) electrons. The predicted octanol–water partition coefficient (Wildman–Crippen LogP) is 3.31. The molecule has 1 aliphatic carbocycles. The van der Waals surface area contributed by atoms with Crippen LogP contribution in [0.2, 0.25) is 0 Å². The van der Waals surface area contributed by atoms with Crippen LogP contribution in [0.15, 0.2) is 22.8 Å². The highest BCUT2D eigenvalue weighted by molar-refractivity contribution is 5.06. The Morgan fingerprint density at radius 1 is 1.40 bits per heavy atom. The Morgan fingerprint density at radius 3 is 3.00 bits per heavy atom. The van der Waals surface area contributed by atoms with Gasteiger partial charge in [-0.3, -0.25) is 0 Å². The summed E-state index contributed by atoms with van der Waals surface area (Å²) in [6, 6.07) is 4.81. The second kappa shape index (κ2) is 5.36. The van der Waals surface area contributed by atoms with Gasteiger partial charge in [-0.1, -0.05) is 19.8 Å². The van der Waals surface area contributed by atoms with Gasteiger partial charge in [0.25, 0.3) is 0 Å². The minimum atomic E-state index is 0.631. The number of hydrogen-bond acceptors (Lipinski definition) is 2. The molecule has 2 unspecified atom stereocenters. The maximum Gasteiger partial charge on any atom is 0.106 e. The highest BCUT2D eigenvalue weighted by Gasteiger charge is 2.22. The molecule has 0 bridgehead atoms. The van der Waals surface area contributed by atoms with E-state index in [4.69, 9.17) is 4.42 Å². The van der Waals surface area contributed by atoms with Crippen molar-refractivity contribution in [2.45, 2.75) is 51.0 Å². The van der Waals surface area contributed by atoms with Crippen molar-refractivity contribution < 1.29 is 4.42 Å². The third-order valence-corrected chi connectivity index (χ3v) is 3.36. The van der Waals surface area contributed by atoms with E-state index in [2.05, 4.69) is 18.3 Å². The monoisotopic (exact) mass is 207 g/mol. The molecule has 1 aliphatic rings. The van der Waals surface area contributed by atoms with Crippen molar-refractivity contribution >= 4 is 0 Å². The molecule has 15 heavy (non-hydrogen) atoms. The molecule has 2 nitrogen and oxygen atoms in total. The quantitative estimate of drug-likeness (QED) is 0.769. The average Bonchev–Trinajstić information content (AvgIpc) is 2.67. The van der Waals surface area contributed by atoms with Gasteiger partial charge in [0, 0.05) is 12.0 Å². The summed E-state index contributed by atoms with van der Waals surface area (Å²) in [5.74, 6) is 1.81. The molecule has 0 aromatic carbocycles. The lowest BCUT2D eigenvalue weighted by molar-refractivity contribution is 0.396. The van der Waals surface area contributed by atoms with E-state index in [9.17, 15) is 0 Å². The molecule has 1 aromatic heterocycles. The summed E-state index contributed by atoms with van der Waals surface area (Å²) < 4.78 is 5.53. The molecule has 0 amide bonds. The Kier molecular flexibility index (Phi) is 3.84. The fraction of sp³-hybridized carbons (Fsp3) is 0.692. The van der Waals surface area contributed by atoms with Crippen LogP contribution < -0.4 is 5.32 Å². The van der Waals surface area contributed by atoms with Gasteiger partial charge < -0.3 is 9.73 Å². The van der Waals surface area contributed by atoms with E-state index in [0.717, 1.165) is 6.54 Å². The van der Waals surface area contributed by atoms with E-state index in [1.807, 2.05) is 6.07 Å². The van der Waals surface area contributed by atoms with Crippen LogP contribution in [0.25, 0.3) is 0 Å². The molecule has 1 heterocycles. The topological polar surface area (TPSA) is 25.2 Å². The van der Waals surface area contributed by atoms with Crippen LogP contribution in [0.4, 0.5) is 0 Å². The van der Waals surface area contributed by atoms with Crippen molar-refractivity contribution in [1.29, 1.82) is 0 Å². The van der Waals surface area contributed by atoms with E-state index in [-0.39, 0.29) is 0 Å². The summed E-state index contributed by atoms with van der Waals surface area (Å²) >= 11 is 0. The largest absolute Gasteiger partial charge is 0.469 e. The maximum absolute atomic E-state index is 5.53. The molecule has 2 heteroatoms. The molecule has 84 valence electrons. The first-order valence-corrected chi connectivity index (χ1v) is 6.17. The van der Waals surface area contributed by atoms with Gasteiger partial charge in [-0.15, -0.1) is 0 Å². The van der Waals surface area contributed by atoms with Crippen LogP contribution in [0, 0.1) is 0 Å². The van der Waals surface area contributed by atoms with Crippen molar-refractivity contribution in [2.24, 2.45) is 0 Å². The van der Waals surface area contributed by atoms with Crippen molar-refractivity contribution in [3.8, 4) is 0 Å². The first-order chi connectivity index (χ1) is 7.40. The predicted molar refractivity (Wildman–Crippen MR) is 62.0 cm³/mol. The van der Waals surface area contributed by atoms with Gasteiger partial charge in [-0.05, 0) is 37.9 Å². The summed E-state index contributed by atoms with van der Waals surface area (Å²) in [4.78, 5) is 0. The number of nitrogens with one attached hydrogen (secondary N) is 1. The summed E-state index contributed by atoms with van der Waals surface area (Å²) in [5, 5.41) is 3.57. The van der Waals surface area contributed by atoms with Gasteiger partial charge in [-0.2, -0.15) is 0 Å². The Labute approximate surface area is 92.1 Å². The molecular formula is C13H21NO. The second-order valence-corrected chi connectivity index (χ2v) is 4.49. The van der Waals surface area contributed by atoms with Crippen molar-refractivity contribution in [3.05, 3.63) is 24.2 Å². The fourth-order valence-corrected chi connectivity index (χ4v) is 2.62. The molecule has 2 atom stereocenters. The van der Waals surface area contributed by atoms with Gasteiger partial charge in [0.2, 0.25) is 0 Å². The van der Waals surface area contributed by atoms with Crippen molar-refractivity contribution in [1.82, 2.24) is 5.32 Å². The van der Waals surface area contributed by atoms with Gasteiger partial charge in [0.05, 0.1) is 6.26 Å². The van der Waals surface area contributed by atoms with Crippen molar-refractivity contribution in [3.63, 3.8) is 0 Å². The third kappa shape index (κ3) is 2.85. The molecule has 1 N–H and O–H groups in total. The number of furan rings is 1. The first kappa shape index (κ1) is 10.7. The Morgan fingerprint density at radius 2 is 2.27 bits per heavy atom. The Hall–Kier alpha value is -0.760. The minimum absolute atomic E-state index is 0.631. The summed E-state index contributed by atoms with van der Waals surface area (Å²) in [5.41, 5.74) is 0. The van der Waals surface area contributed by atoms with Crippen LogP contribution in [0.1, 0.15) is 50.7 Å². The summed E-state index contributed by atoms with van der Waals surface area (Å²) in [6.45, 7) is 3.27. The molecular weight excluding hydrogens is 186 g/mol. The van der Waals surface area contributed by atoms with E-state index in [0.29, 0.717) is 12.0 Å². The van der Waals surface area contributed by atoms with Crippen LogP contribution >= 0.6 is 0 Å². The lowest BCUT2D eigenvalue weighted by atomic mass is 9.95. The highest BCUT2D eigenvalue weighted by Crippen LogP contribution is 2.31. The summed E-state index contributed by atoms with van der Waals surface area (Å²) in [7, 11) is 0. The smallest absolute Gasteiger partial charge is 0.106 e. The molecule has 0 aliphatic heterocycles. The third-order valence-electron chi connectivity index (χ3n) is 3.36. The molecule has 1 aromatic rings. The normalized spacial score (nSPS) is 27.5. The first-order valence-electron chi connectivity index (χ1n) is 6.17. The highest BCUT2D eigenvalue weighted by atomic mass is 16.3. The Balaban J connectivity index is 1.99. The van der Waals surface area contributed by atoms with Gasteiger partial charge in [0.15, 0.2) is 0 Å². The number of hydrogen-bond donors (Lipinski definition) is 1. The van der Waals surface area contributed by atoms with Gasteiger partial charge in [0.1, 0.15) is 5.76 Å². The molecule has 0 spiro atoms. The fourth-order valence-electron chi connectivity index (χ4n) is 2.62. The van der Waals surface area contributed by atoms with Crippen LogP contribution in [-0.2, 0) is 0 Å². The van der Waals surface area contributed by atoms with Crippen LogP contribution in [-0.4, -0.2) is 12.6 Å². The van der Waals surface area contributed by atoms with Gasteiger partial charge in [-0.25, -0.2) is 0 Å². The summed E-state index contributed by atoms with van der Waals surface area (Å²) in [6.07, 6.45) is 8.34. The lowest BCUT2D eigenvalue weighted by Gasteiger charge is -2.19. The van der Waals surface area contributed by atoms with E-state index in [1.165, 1.54) is 37.9 Å². The zero-order valence-corrected chi connectivity index (χ0v) is 9.54. The lowest BCUT2D eigenvalue weighted by Crippen LogP contribution is -2.29. The van der Waals surface area contributed by atoms with Crippen LogP contribution in [0.3, 0.4) is 0 Å². The second-order valence-electron chi connectivity index (χ2n) is 4.49. The number of rotatable bonds is 3. The van der Waals surface area contributed by atoms with Crippen LogP contribution in [0.5, 0.6) is 0 Å². The van der Waals surface area contributed by atoms with Gasteiger partial charge >= 0.3 is 0 Å². The minimum Gasteiger partial charge on any atom is -0.469 e. The molecule has 1 fully saturated rings. The molecule has 1 saturated carbocycles. The molecule has 0 saturated heterocycles. The van der Waals surface area contributed by atoms with Crippen molar-refractivity contribution in [2.75, 3.05) is 6.54 Å². The Bertz CT molecular complexity index is 268. The molecule has 2 rings (SSSR count). The van der Waals surface area contributed by atoms with E-state index < -0.39 is 0 Å². The maximum atomic E-state index is 5.53.